The molecule has 7 nitrogen and oxygen atoms in total. The molecule has 0 saturated heterocycles. The van der Waals surface area contributed by atoms with Gasteiger partial charge in [0.15, 0.2) is 0 Å². The molecule has 0 unspecified atom stereocenters. The minimum absolute atomic E-state index is 0.0459. The number of nitro benzene ring substituents is 1. The number of aromatic hydroxyl groups is 1. The summed E-state index contributed by atoms with van der Waals surface area (Å²) in [6, 6.07) is 11.2. The van der Waals surface area contributed by atoms with Gasteiger partial charge >= 0.3 is 5.97 Å². The van der Waals surface area contributed by atoms with E-state index >= 15 is 0 Å². The number of nitriles is 1. The van der Waals surface area contributed by atoms with Crippen molar-refractivity contribution in [2.24, 2.45) is 0 Å². The minimum Gasteiger partial charge on any atom is -0.507 e. The van der Waals surface area contributed by atoms with Gasteiger partial charge in [0.05, 0.1) is 17.1 Å². The van der Waals surface area contributed by atoms with E-state index in [0.29, 0.717) is 16.7 Å². The Bertz CT molecular complexity index is 1120. The lowest BCUT2D eigenvalue weighted by Gasteiger charge is -2.29. The first-order chi connectivity index (χ1) is 15.2. The van der Waals surface area contributed by atoms with Crippen molar-refractivity contribution >= 4 is 17.2 Å². The fraction of sp³-hybridized carbons (Fsp3) is 0.385. The van der Waals surface area contributed by atoms with Gasteiger partial charge in [-0.25, -0.2) is 4.79 Å². The predicted octanol–water partition coefficient (Wildman–Crippen LogP) is 5.78. The Morgan fingerprint density at radius 3 is 2.03 bits per heavy atom. The van der Waals surface area contributed by atoms with Crippen LogP contribution in [0.3, 0.4) is 0 Å². The average molecular weight is 451 g/mol. The Balaban J connectivity index is 3.12. The summed E-state index contributed by atoms with van der Waals surface area (Å²) in [5.41, 5.74) is 0.293. The van der Waals surface area contributed by atoms with Gasteiger partial charge in [0, 0.05) is 22.8 Å². The lowest BCUT2D eigenvalue weighted by Crippen LogP contribution is -2.18. The smallest absolute Gasteiger partial charge is 0.349 e. The van der Waals surface area contributed by atoms with E-state index in [1.165, 1.54) is 18.2 Å². The normalized spacial score (nSPS) is 12.5. The van der Waals surface area contributed by atoms with Gasteiger partial charge in [-0.1, -0.05) is 53.7 Å². The third-order valence-electron chi connectivity index (χ3n) is 5.23. The van der Waals surface area contributed by atoms with Gasteiger partial charge in [0.1, 0.15) is 17.4 Å². The second-order valence-electron chi connectivity index (χ2n) is 9.78. The summed E-state index contributed by atoms with van der Waals surface area (Å²) in [5.74, 6) is -0.744. The summed E-state index contributed by atoms with van der Waals surface area (Å²) in [6.45, 7) is 13.3. The van der Waals surface area contributed by atoms with Crippen LogP contribution in [0.5, 0.6) is 5.75 Å². The zero-order chi connectivity index (χ0) is 25.1. The van der Waals surface area contributed by atoms with Gasteiger partial charge in [-0.15, -0.1) is 0 Å². The second-order valence-corrected chi connectivity index (χ2v) is 9.78. The number of carbonyl (C=O) groups excluding carboxylic acids is 1. The monoisotopic (exact) mass is 450 g/mol. The molecule has 2 aromatic rings. The van der Waals surface area contributed by atoms with Crippen molar-refractivity contribution in [1.29, 1.82) is 5.26 Å². The molecule has 1 N–H and O–H groups in total. The van der Waals surface area contributed by atoms with E-state index in [2.05, 4.69) is 0 Å². The van der Waals surface area contributed by atoms with Crippen molar-refractivity contribution in [2.75, 3.05) is 6.61 Å². The molecular formula is C26H30N2O5. The molecule has 0 bridgehead atoms. The van der Waals surface area contributed by atoms with Crippen LogP contribution in [-0.4, -0.2) is 22.6 Å². The number of esters is 1. The van der Waals surface area contributed by atoms with Crippen LogP contribution in [0.25, 0.3) is 5.57 Å². The largest absolute Gasteiger partial charge is 0.507 e. The van der Waals surface area contributed by atoms with Crippen LogP contribution in [0.1, 0.15) is 70.7 Å². The van der Waals surface area contributed by atoms with Crippen LogP contribution in [0, 0.1) is 21.4 Å². The molecule has 0 atom stereocenters. The molecule has 0 aliphatic heterocycles. The molecular weight excluding hydrogens is 420 g/mol. The molecule has 2 rings (SSSR count). The summed E-state index contributed by atoms with van der Waals surface area (Å²) in [7, 11) is 0. The molecule has 0 amide bonds. The highest BCUT2D eigenvalue weighted by Crippen LogP contribution is 2.43. The number of rotatable bonds is 5. The first-order valence-electron chi connectivity index (χ1n) is 10.7. The Hall–Kier alpha value is -3.66. The Morgan fingerprint density at radius 1 is 1.09 bits per heavy atom. The van der Waals surface area contributed by atoms with E-state index in [4.69, 9.17) is 4.74 Å². The summed E-state index contributed by atoms with van der Waals surface area (Å²) in [4.78, 5) is 24.0. The highest BCUT2D eigenvalue weighted by molar-refractivity contribution is 6.06. The fourth-order valence-corrected chi connectivity index (χ4v) is 3.61. The topological polar surface area (TPSA) is 113 Å². The maximum atomic E-state index is 12.8. The number of phenols is 1. The number of para-hydroxylation sites is 1. The van der Waals surface area contributed by atoms with Gasteiger partial charge < -0.3 is 9.84 Å². The number of ether oxygens (including phenoxy) is 1. The molecule has 0 aromatic heterocycles. The Labute approximate surface area is 194 Å². The lowest BCUT2D eigenvalue weighted by atomic mass is 9.76. The molecule has 0 radical (unpaired) electrons. The van der Waals surface area contributed by atoms with Crippen LogP contribution in [-0.2, 0) is 20.4 Å². The highest BCUT2D eigenvalue weighted by atomic mass is 16.6. The number of phenolic OH excluding ortho intramolecular Hbond substituents is 1. The van der Waals surface area contributed by atoms with Gasteiger partial charge in [-0.3, -0.25) is 10.1 Å². The van der Waals surface area contributed by atoms with Crippen molar-refractivity contribution < 1.29 is 19.6 Å². The van der Waals surface area contributed by atoms with Crippen molar-refractivity contribution in [2.45, 2.75) is 59.3 Å². The number of hydrogen-bond donors (Lipinski definition) is 1. The van der Waals surface area contributed by atoms with Crippen molar-refractivity contribution in [3.05, 3.63) is 74.3 Å². The minimum atomic E-state index is -0.865. The lowest BCUT2D eigenvalue weighted by molar-refractivity contribution is -0.385. The maximum absolute atomic E-state index is 12.8. The Kier molecular flexibility index (Phi) is 7.33. The van der Waals surface area contributed by atoms with Crippen LogP contribution >= 0.6 is 0 Å². The molecule has 0 heterocycles. The Morgan fingerprint density at radius 2 is 1.61 bits per heavy atom. The van der Waals surface area contributed by atoms with Gasteiger partial charge in [-0.05, 0) is 41.5 Å². The van der Waals surface area contributed by atoms with Crippen LogP contribution in [0.2, 0.25) is 0 Å². The standard InChI is InChI=1S/C26H30N2O5/c1-8-33-24(30)18(15-27)22(17-11-9-10-12-21(17)28(31)32)16-13-19(25(2,3)4)23(29)20(14-16)26(5,6)7/h9-14,29H,8H2,1-7H3. The zero-order valence-electron chi connectivity index (χ0n) is 20.1. The summed E-state index contributed by atoms with van der Waals surface area (Å²) in [6.07, 6.45) is 0. The van der Waals surface area contributed by atoms with Crippen LogP contribution in [0.4, 0.5) is 5.69 Å². The first-order valence-corrected chi connectivity index (χ1v) is 10.7. The number of carbonyl (C=O) groups is 1. The third kappa shape index (κ3) is 5.40. The number of nitrogens with zero attached hydrogens (tertiary/aromatic N) is 2. The van der Waals surface area contributed by atoms with Gasteiger partial charge in [-0.2, -0.15) is 5.26 Å². The summed E-state index contributed by atoms with van der Waals surface area (Å²) >= 11 is 0. The van der Waals surface area contributed by atoms with Crippen molar-refractivity contribution in [3.8, 4) is 11.8 Å². The first kappa shape index (κ1) is 25.6. The quantitative estimate of drug-likeness (QED) is 0.203. The van der Waals surface area contributed by atoms with E-state index in [1.54, 1.807) is 25.1 Å². The predicted molar refractivity (Wildman–Crippen MR) is 127 cm³/mol. The molecule has 33 heavy (non-hydrogen) atoms. The average Bonchev–Trinajstić information content (AvgIpc) is 2.70. The number of nitro groups is 1. The molecule has 2 aromatic carbocycles. The van der Waals surface area contributed by atoms with Gasteiger partial charge in [0.2, 0.25) is 0 Å². The highest BCUT2D eigenvalue weighted by Gasteiger charge is 2.31. The molecule has 174 valence electrons. The third-order valence-corrected chi connectivity index (χ3v) is 5.23. The molecule has 0 fully saturated rings. The van der Waals surface area contributed by atoms with Crippen molar-refractivity contribution in [3.63, 3.8) is 0 Å². The zero-order valence-corrected chi connectivity index (χ0v) is 20.1. The van der Waals surface area contributed by atoms with Crippen molar-refractivity contribution in [1.82, 2.24) is 0 Å². The van der Waals surface area contributed by atoms with Crippen LogP contribution in [0.15, 0.2) is 42.0 Å². The number of benzene rings is 2. The fourth-order valence-electron chi connectivity index (χ4n) is 3.61. The van der Waals surface area contributed by atoms with E-state index < -0.39 is 21.7 Å². The SMILES string of the molecule is CCOC(=O)C(C#N)=C(c1cc(C(C)(C)C)c(O)c(C(C)(C)C)c1)c1ccccc1[N+](=O)[O-]. The van der Waals surface area contributed by atoms with Crippen LogP contribution < -0.4 is 0 Å². The summed E-state index contributed by atoms with van der Waals surface area (Å²) in [5, 5.41) is 32.8. The molecule has 7 heteroatoms. The van der Waals surface area contributed by atoms with E-state index in [0.717, 1.165) is 0 Å². The van der Waals surface area contributed by atoms with E-state index in [1.807, 2.05) is 47.6 Å². The van der Waals surface area contributed by atoms with E-state index in [9.17, 15) is 25.3 Å². The maximum Gasteiger partial charge on any atom is 0.349 e. The molecule has 0 aliphatic rings. The van der Waals surface area contributed by atoms with E-state index in [-0.39, 0.29) is 34.8 Å². The second kappa shape index (κ2) is 9.45. The number of hydrogen-bond acceptors (Lipinski definition) is 6. The molecule has 0 saturated carbocycles. The molecule has 0 aliphatic carbocycles. The summed E-state index contributed by atoms with van der Waals surface area (Å²) < 4.78 is 5.10. The van der Waals surface area contributed by atoms with Gasteiger partial charge in [0.25, 0.3) is 5.69 Å². The molecule has 0 spiro atoms.